The molecule has 0 aliphatic carbocycles. The minimum absolute atomic E-state index is 1.16. The Morgan fingerprint density at radius 1 is 0.203 bits per heavy atom. The Balaban J connectivity index is 1.01. The summed E-state index contributed by atoms with van der Waals surface area (Å²) in [5.41, 5.74) is 14.2. The molecule has 324 valence electrons. The molecule has 0 aliphatic heterocycles. The zero-order chi connectivity index (χ0) is 45.7. The van der Waals surface area contributed by atoms with Crippen molar-refractivity contribution in [3.05, 3.63) is 279 Å². The first-order valence-corrected chi connectivity index (χ1v) is 25.8. The van der Waals surface area contributed by atoms with Gasteiger partial charge in [0.1, 0.15) is 0 Å². The van der Waals surface area contributed by atoms with Crippen LogP contribution in [0, 0.1) is 0 Å². The van der Waals surface area contributed by atoms with E-state index in [4.69, 9.17) is 0 Å². The van der Waals surface area contributed by atoms with Gasteiger partial charge in [-0.1, -0.05) is 200 Å². The molecule has 0 N–H and O–H groups in total. The quantitative estimate of drug-likeness (QED) is 0.101. The number of rotatable bonds is 9. The highest BCUT2D eigenvalue weighted by atomic mass is 28.3. The summed E-state index contributed by atoms with van der Waals surface area (Å²) in [4.78, 5) is 0. The third-order valence-electron chi connectivity index (χ3n) is 14.2. The maximum atomic E-state index is 2.41. The highest BCUT2D eigenvalue weighted by Gasteiger charge is 2.41. The standard InChI is InChI=1S/C66H46N2Si/c1-6-20-53(21-7-1)67-63-32-18-16-30-59(63)61-45-48(36-40-65(61)67)51-42-50(43-52(44-51)49-37-41-66-62(46-49)60-31-17-19-33-64(60)68(66)54-22-8-2-9-23-54)47-34-38-58(39-35-47)69(55-24-10-3-11-25-55,56-26-12-4-13-27-56)57-28-14-5-15-29-57/h1-46H. The topological polar surface area (TPSA) is 9.86 Å². The van der Waals surface area contributed by atoms with Crippen molar-refractivity contribution >= 4 is 72.4 Å². The number of hydrogen-bond donors (Lipinski definition) is 0. The molecule has 0 bridgehead atoms. The van der Waals surface area contributed by atoms with Crippen LogP contribution in [-0.4, -0.2) is 17.2 Å². The zero-order valence-electron chi connectivity index (χ0n) is 38.0. The predicted molar refractivity (Wildman–Crippen MR) is 295 cm³/mol. The molecule has 0 fully saturated rings. The molecule has 0 amide bonds. The number of para-hydroxylation sites is 4. The number of hydrogen-bond acceptors (Lipinski definition) is 0. The van der Waals surface area contributed by atoms with E-state index in [1.165, 1.54) is 97.7 Å². The first-order chi connectivity index (χ1) is 34.2. The summed E-state index contributed by atoms with van der Waals surface area (Å²) in [5.74, 6) is 0. The normalized spacial score (nSPS) is 11.8. The van der Waals surface area contributed by atoms with E-state index in [2.05, 4.69) is 288 Å². The lowest BCUT2D eigenvalue weighted by molar-refractivity contribution is 1.18. The Morgan fingerprint density at radius 2 is 0.507 bits per heavy atom. The molecule has 2 nitrogen and oxygen atoms in total. The van der Waals surface area contributed by atoms with E-state index < -0.39 is 8.07 Å². The summed E-state index contributed by atoms with van der Waals surface area (Å²) in [6.07, 6.45) is 0. The Bertz CT molecular complexity index is 3700. The fraction of sp³-hybridized carbons (Fsp3) is 0. The lowest BCUT2D eigenvalue weighted by Gasteiger charge is -2.34. The van der Waals surface area contributed by atoms with Crippen LogP contribution in [-0.2, 0) is 0 Å². The molecule has 0 saturated carbocycles. The Morgan fingerprint density at radius 3 is 0.913 bits per heavy atom. The van der Waals surface area contributed by atoms with Gasteiger partial charge >= 0.3 is 0 Å². The van der Waals surface area contributed by atoms with Crippen molar-refractivity contribution in [1.82, 2.24) is 9.13 Å². The number of fused-ring (bicyclic) bond motifs is 6. The second-order valence-corrected chi connectivity index (χ2v) is 21.9. The molecule has 11 aromatic carbocycles. The van der Waals surface area contributed by atoms with Gasteiger partial charge in [0.15, 0.2) is 8.07 Å². The van der Waals surface area contributed by atoms with Crippen molar-refractivity contribution in [3.8, 4) is 44.8 Å². The minimum atomic E-state index is -2.70. The van der Waals surface area contributed by atoms with Crippen LogP contribution >= 0.6 is 0 Å². The highest BCUT2D eigenvalue weighted by Crippen LogP contribution is 2.40. The fourth-order valence-corrected chi connectivity index (χ4v) is 15.9. The van der Waals surface area contributed by atoms with Crippen LogP contribution in [0.1, 0.15) is 0 Å². The summed E-state index contributed by atoms with van der Waals surface area (Å²) in [6.45, 7) is 0. The fourth-order valence-electron chi connectivity index (χ4n) is 11.1. The van der Waals surface area contributed by atoms with Gasteiger partial charge < -0.3 is 9.13 Å². The van der Waals surface area contributed by atoms with Crippen LogP contribution in [0.4, 0.5) is 0 Å². The summed E-state index contributed by atoms with van der Waals surface area (Å²) >= 11 is 0. The van der Waals surface area contributed by atoms with Crippen LogP contribution in [0.2, 0.25) is 0 Å². The summed E-state index contributed by atoms with van der Waals surface area (Å²) in [5, 5.41) is 10.4. The molecule has 0 saturated heterocycles. The molecule has 13 aromatic rings. The summed E-state index contributed by atoms with van der Waals surface area (Å²) in [6, 6.07) is 103. The van der Waals surface area contributed by atoms with Crippen LogP contribution in [0.5, 0.6) is 0 Å². The summed E-state index contributed by atoms with van der Waals surface area (Å²) in [7, 11) is -2.70. The Labute approximate surface area is 403 Å². The molecule has 2 heterocycles. The van der Waals surface area contributed by atoms with Gasteiger partial charge in [0.25, 0.3) is 0 Å². The van der Waals surface area contributed by atoms with Crippen molar-refractivity contribution in [3.63, 3.8) is 0 Å². The average Bonchev–Trinajstić information content (AvgIpc) is 3.95. The maximum absolute atomic E-state index is 2.70. The molecule has 3 heteroatoms. The van der Waals surface area contributed by atoms with Gasteiger partial charge in [-0.15, -0.1) is 0 Å². The van der Waals surface area contributed by atoms with E-state index in [1.54, 1.807) is 0 Å². The van der Waals surface area contributed by atoms with Gasteiger partial charge in [0.05, 0.1) is 22.1 Å². The van der Waals surface area contributed by atoms with Gasteiger partial charge in [-0.25, -0.2) is 0 Å². The molecule has 0 spiro atoms. The third-order valence-corrected chi connectivity index (χ3v) is 19.0. The van der Waals surface area contributed by atoms with E-state index in [-0.39, 0.29) is 0 Å². The van der Waals surface area contributed by atoms with E-state index >= 15 is 0 Å². The average molecular weight is 895 g/mol. The second-order valence-electron chi connectivity index (χ2n) is 18.1. The third kappa shape index (κ3) is 6.78. The van der Waals surface area contributed by atoms with Gasteiger partial charge in [0.2, 0.25) is 0 Å². The largest absolute Gasteiger partial charge is 0.309 e. The van der Waals surface area contributed by atoms with Crippen LogP contribution in [0.3, 0.4) is 0 Å². The Hall–Kier alpha value is -8.76. The highest BCUT2D eigenvalue weighted by molar-refractivity contribution is 7.19. The minimum Gasteiger partial charge on any atom is -0.309 e. The first kappa shape index (κ1) is 40.5. The smallest absolute Gasteiger partial charge is 0.179 e. The monoisotopic (exact) mass is 894 g/mol. The van der Waals surface area contributed by atoms with Crippen molar-refractivity contribution in [2.75, 3.05) is 0 Å². The van der Waals surface area contributed by atoms with Crippen molar-refractivity contribution in [2.45, 2.75) is 0 Å². The number of aromatic nitrogens is 2. The lowest BCUT2D eigenvalue weighted by atomic mass is 9.92. The van der Waals surface area contributed by atoms with Crippen molar-refractivity contribution < 1.29 is 0 Å². The number of benzene rings is 11. The van der Waals surface area contributed by atoms with Crippen LogP contribution in [0.25, 0.3) is 88.4 Å². The number of nitrogens with zero attached hydrogens (tertiary/aromatic N) is 2. The zero-order valence-corrected chi connectivity index (χ0v) is 39.0. The van der Waals surface area contributed by atoms with E-state index in [9.17, 15) is 0 Å². The SMILES string of the molecule is c1ccc(-n2c3ccccc3c3cc(-c4cc(-c5ccc([Si](c6ccccc6)(c6ccccc6)c6ccccc6)cc5)cc(-c5ccc6c(c5)c5ccccc5n6-c5ccccc5)c4)ccc32)cc1. The molecule has 0 atom stereocenters. The molecule has 69 heavy (non-hydrogen) atoms. The lowest BCUT2D eigenvalue weighted by Crippen LogP contribution is -2.74. The molecular weight excluding hydrogens is 849 g/mol. The van der Waals surface area contributed by atoms with E-state index in [0.29, 0.717) is 0 Å². The summed E-state index contributed by atoms with van der Waals surface area (Å²) < 4.78 is 4.78. The van der Waals surface area contributed by atoms with E-state index in [0.717, 1.165) is 11.4 Å². The van der Waals surface area contributed by atoms with Gasteiger partial charge in [0, 0.05) is 32.9 Å². The second kappa shape index (κ2) is 16.8. The first-order valence-electron chi connectivity index (χ1n) is 23.8. The van der Waals surface area contributed by atoms with Crippen molar-refractivity contribution in [2.24, 2.45) is 0 Å². The maximum Gasteiger partial charge on any atom is 0.179 e. The van der Waals surface area contributed by atoms with Crippen LogP contribution in [0.15, 0.2) is 279 Å². The molecule has 13 rings (SSSR count). The van der Waals surface area contributed by atoms with Crippen molar-refractivity contribution in [1.29, 1.82) is 0 Å². The van der Waals surface area contributed by atoms with Crippen LogP contribution < -0.4 is 20.7 Å². The molecule has 0 unspecified atom stereocenters. The molecule has 2 aromatic heterocycles. The van der Waals surface area contributed by atoms with Gasteiger partial charge in [-0.3, -0.25) is 0 Å². The van der Waals surface area contributed by atoms with Gasteiger partial charge in [-0.05, 0) is 133 Å². The molecule has 0 aliphatic rings. The van der Waals surface area contributed by atoms with Gasteiger partial charge in [-0.2, -0.15) is 0 Å². The predicted octanol–water partition coefficient (Wildman–Crippen LogP) is 14.3. The molecule has 0 radical (unpaired) electrons. The molecular formula is C66H46N2Si. The Kier molecular flexibility index (Phi) is 9.88. The van der Waals surface area contributed by atoms with E-state index in [1.807, 2.05) is 0 Å².